The quantitative estimate of drug-likeness (QED) is 0.452. The second-order valence-electron chi connectivity index (χ2n) is 5.10. The Morgan fingerprint density at radius 2 is 1.96 bits per heavy atom. The monoisotopic (exact) mass is 381 g/mol. The van der Waals surface area contributed by atoms with Gasteiger partial charge in [0.05, 0.1) is 9.82 Å². The Kier molecular flexibility index (Phi) is 5.67. The van der Waals surface area contributed by atoms with E-state index < -0.39 is 20.9 Å². The first-order chi connectivity index (χ1) is 11.7. The molecule has 1 aromatic carbocycles. The Labute approximate surface area is 148 Å². The lowest BCUT2D eigenvalue weighted by Crippen LogP contribution is -2.40. The normalized spacial score (nSPS) is 11.6. The highest BCUT2D eigenvalue weighted by Crippen LogP contribution is 2.21. The van der Waals surface area contributed by atoms with Crippen LogP contribution >= 0.6 is 11.3 Å². The first-order valence-corrected chi connectivity index (χ1v) is 9.36. The van der Waals surface area contributed by atoms with Gasteiger partial charge in [-0.3, -0.25) is 20.3 Å². The minimum absolute atomic E-state index is 0.316. The molecule has 2 aromatic rings. The van der Waals surface area contributed by atoms with Crippen molar-refractivity contribution >= 4 is 39.0 Å². The van der Waals surface area contributed by atoms with Crippen molar-refractivity contribution in [3.05, 3.63) is 61.8 Å². The third-order valence-electron chi connectivity index (χ3n) is 3.28. The smallest absolute Gasteiger partial charge is 0.273 e. The van der Waals surface area contributed by atoms with Crippen molar-refractivity contribution in [3.63, 3.8) is 0 Å². The maximum absolute atomic E-state index is 12.1. The zero-order chi connectivity index (χ0) is 18.6. The summed E-state index contributed by atoms with van der Waals surface area (Å²) in [6, 6.07) is 5.39. The van der Waals surface area contributed by atoms with Crippen LogP contribution in [0.25, 0.3) is 6.08 Å². The van der Waals surface area contributed by atoms with Gasteiger partial charge in [-0.2, -0.15) is 0 Å². The molecule has 0 radical (unpaired) electrons. The van der Waals surface area contributed by atoms with Crippen LogP contribution in [-0.4, -0.2) is 19.2 Å². The molecule has 0 bridgehead atoms. The van der Waals surface area contributed by atoms with Crippen molar-refractivity contribution < 1.29 is 18.1 Å². The second-order valence-corrected chi connectivity index (χ2v) is 7.73. The Morgan fingerprint density at radius 1 is 1.24 bits per heavy atom. The van der Waals surface area contributed by atoms with Gasteiger partial charge in [-0.25, -0.2) is 8.42 Å². The van der Waals surface area contributed by atoms with Crippen LogP contribution in [0, 0.1) is 24.0 Å². The Bertz CT molecular complexity index is 948. The molecule has 0 aliphatic heterocycles. The van der Waals surface area contributed by atoms with E-state index in [1.54, 1.807) is 6.08 Å². The fourth-order valence-electron chi connectivity index (χ4n) is 1.88. The molecular weight excluding hydrogens is 366 g/mol. The summed E-state index contributed by atoms with van der Waals surface area (Å²) in [4.78, 5) is 24.4. The number of nitrogens with zero attached hydrogens (tertiary/aromatic N) is 1. The van der Waals surface area contributed by atoms with E-state index in [0.717, 1.165) is 16.5 Å². The van der Waals surface area contributed by atoms with E-state index in [-0.39, 0.29) is 10.6 Å². The number of carbonyl (C=O) groups excluding carboxylic acids is 1. The lowest BCUT2D eigenvalue weighted by Gasteiger charge is -2.07. The first-order valence-electron chi connectivity index (χ1n) is 7.00. The maximum atomic E-state index is 12.1. The van der Waals surface area contributed by atoms with Crippen molar-refractivity contribution in [1.29, 1.82) is 0 Å². The maximum Gasteiger partial charge on any atom is 0.273 e. The minimum atomic E-state index is -4.13. The molecule has 132 valence electrons. The topological polar surface area (TPSA) is 118 Å². The van der Waals surface area contributed by atoms with E-state index in [4.69, 9.17) is 0 Å². The third-order valence-corrected chi connectivity index (χ3v) is 5.51. The molecule has 0 aliphatic rings. The molecule has 0 spiro atoms. The molecule has 2 rings (SSSR count). The number of hydrazine groups is 1. The van der Waals surface area contributed by atoms with Crippen molar-refractivity contribution in [1.82, 2.24) is 10.3 Å². The third kappa shape index (κ3) is 4.72. The molecule has 1 aromatic heterocycles. The van der Waals surface area contributed by atoms with Crippen molar-refractivity contribution in [2.75, 3.05) is 0 Å². The first kappa shape index (κ1) is 18.8. The van der Waals surface area contributed by atoms with E-state index in [2.05, 4.69) is 0 Å². The van der Waals surface area contributed by atoms with Crippen molar-refractivity contribution in [2.24, 2.45) is 0 Å². The number of nitro groups is 1. The molecule has 0 fully saturated rings. The number of hydrogen-bond acceptors (Lipinski definition) is 6. The molecule has 0 unspecified atom stereocenters. The summed E-state index contributed by atoms with van der Waals surface area (Å²) in [7, 11) is -4.13. The summed E-state index contributed by atoms with van der Waals surface area (Å²) in [5.41, 5.74) is 3.06. The summed E-state index contributed by atoms with van der Waals surface area (Å²) in [6.07, 6.45) is 2.76. The molecular formula is C15H15N3O5S2. The summed E-state index contributed by atoms with van der Waals surface area (Å²) in [5, 5.41) is 12.8. The van der Waals surface area contributed by atoms with Gasteiger partial charge < -0.3 is 0 Å². The van der Waals surface area contributed by atoms with Crippen LogP contribution in [0.1, 0.15) is 16.0 Å². The number of rotatable bonds is 6. The van der Waals surface area contributed by atoms with Crippen LogP contribution in [-0.2, 0) is 14.8 Å². The Morgan fingerprint density at radius 3 is 2.56 bits per heavy atom. The highest BCUT2D eigenvalue weighted by molar-refractivity contribution is 7.89. The number of nitro benzene ring substituents is 1. The molecule has 2 N–H and O–H groups in total. The van der Waals surface area contributed by atoms with Gasteiger partial charge in [-0.15, -0.1) is 16.2 Å². The number of benzene rings is 1. The molecule has 0 atom stereocenters. The Balaban J connectivity index is 2.08. The fourth-order valence-corrected chi connectivity index (χ4v) is 3.56. The number of carbonyl (C=O) groups is 1. The number of nitrogens with one attached hydrogen (secondary N) is 2. The lowest BCUT2D eigenvalue weighted by atomic mass is 10.2. The predicted octanol–water partition coefficient (Wildman–Crippen LogP) is 2.30. The number of hydrogen-bond donors (Lipinski definition) is 2. The zero-order valence-corrected chi connectivity index (χ0v) is 15.0. The molecule has 25 heavy (non-hydrogen) atoms. The van der Waals surface area contributed by atoms with Crippen LogP contribution in [0.5, 0.6) is 0 Å². The van der Waals surface area contributed by atoms with Crippen molar-refractivity contribution in [2.45, 2.75) is 18.7 Å². The molecule has 1 amide bonds. The van der Waals surface area contributed by atoms with Gasteiger partial charge in [0.2, 0.25) is 0 Å². The largest absolute Gasteiger partial charge is 0.274 e. The highest BCUT2D eigenvalue weighted by atomic mass is 32.2. The number of thiophene rings is 1. The molecule has 10 heteroatoms. The van der Waals surface area contributed by atoms with Gasteiger partial charge in [0, 0.05) is 22.6 Å². The number of aryl methyl sites for hydroxylation is 2. The van der Waals surface area contributed by atoms with Gasteiger partial charge in [-0.05, 0) is 43.0 Å². The van der Waals surface area contributed by atoms with Crippen LogP contribution in [0.4, 0.5) is 5.69 Å². The predicted molar refractivity (Wildman–Crippen MR) is 94.4 cm³/mol. The summed E-state index contributed by atoms with van der Waals surface area (Å²) < 4.78 is 24.3. The summed E-state index contributed by atoms with van der Waals surface area (Å²) in [6.45, 7) is 3.39. The second kappa shape index (κ2) is 7.55. The van der Waals surface area contributed by atoms with Gasteiger partial charge in [0.15, 0.2) is 0 Å². The zero-order valence-electron chi connectivity index (χ0n) is 13.3. The van der Waals surface area contributed by atoms with Crippen molar-refractivity contribution in [3.8, 4) is 0 Å². The molecule has 1 heterocycles. The van der Waals surface area contributed by atoms with Crippen LogP contribution < -0.4 is 10.3 Å². The van der Waals surface area contributed by atoms with Gasteiger partial charge in [0.25, 0.3) is 21.6 Å². The standard InChI is InChI=1S/C15H15N3O5S2/c1-10-3-4-12(9-13(10)18(20)21)25(22,23)17-16-15(19)6-5-14-11(2)7-8-24-14/h3-9,17H,1-2H3,(H,16,19)/b6-5+. The van der Waals surface area contributed by atoms with Gasteiger partial charge >= 0.3 is 0 Å². The average Bonchev–Trinajstić information content (AvgIpc) is 2.96. The van der Waals surface area contributed by atoms with E-state index in [1.165, 1.54) is 36.5 Å². The average molecular weight is 381 g/mol. The summed E-state index contributed by atoms with van der Waals surface area (Å²) in [5.74, 6) is -0.669. The summed E-state index contributed by atoms with van der Waals surface area (Å²) >= 11 is 1.45. The highest BCUT2D eigenvalue weighted by Gasteiger charge is 2.20. The van der Waals surface area contributed by atoms with Crippen LogP contribution in [0.2, 0.25) is 0 Å². The van der Waals surface area contributed by atoms with E-state index in [0.29, 0.717) is 5.56 Å². The molecule has 0 saturated carbocycles. The SMILES string of the molecule is Cc1ccc(S(=O)(=O)NNC(=O)/C=C/c2sccc2C)cc1[N+](=O)[O-]. The van der Waals surface area contributed by atoms with Gasteiger partial charge in [0.1, 0.15) is 0 Å². The Hall–Kier alpha value is -2.56. The number of amides is 1. The van der Waals surface area contributed by atoms with Gasteiger partial charge in [-0.1, -0.05) is 6.07 Å². The van der Waals surface area contributed by atoms with E-state index in [9.17, 15) is 23.3 Å². The molecule has 0 saturated heterocycles. The van der Waals surface area contributed by atoms with Crippen LogP contribution in [0.15, 0.2) is 40.6 Å². The fraction of sp³-hybridized carbons (Fsp3) is 0.133. The van der Waals surface area contributed by atoms with E-state index >= 15 is 0 Å². The molecule has 8 nitrogen and oxygen atoms in total. The number of sulfonamides is 1. The molecule has 0 aliphatic carbocycles. The van der Waals surface area contributed by atoms with E-state index in [1.807, 2.05) is 28.6 Å². The lowest BCUT2D eigenvalue weighted by molar-refractivity contribution is -0.385. The van der Waals surface area contributed by atoms with Crippen LogP contribution in [0.3, 0.4) is 0 Å². The minimum Gasteiger partial charge on any atom is -0.274 e.